The number of benzene rings is 1. The molecule has 1 heterocycles. The van der Waals surface area contributed by atoms with Crippen LogP contribution in [0, 0.1) is 22.2 Å². The van der Waals surface area contributed by atoms with Crippen LogP contribution in [0.5, 0.6) is 0 Å². The molecular formula is C15H16FIN2O. The topological polar surface area (TPSA) is 45.8 Å². The lowest BCUT2D eigenvalue weighted by atomic mass is 10.1. The van der Waals surface area contributed by atoms with E-state index in [4.69, 9.17) is 0 Å². The first-order chi connectivity index (χ1) is 9.36. The zero-order chi connectivity index (χ0) is 14.9. The standard InChI is InChI=1S/C15H16FIN2O/c1-8(2)4-12-13(17)15(20)19-14(18-12)10-5-9(3)6-11(16)7-10/h5-8H,4H2,1-3H3,(H,18,19,20). The van der Waals surface area contributed by atoms with Crippen LogP contribution in [0.2, 0.25) is 0 Å². The summed E-state index contributed by atoms with van der Waals surface area (Å²) >= 11 is 2.01. The molecule has 0 saturated heterocycles. The van der Waals surface area contributed by atoms with Crippen LogP contribution < -0.4 is 5.56 Å². The summed E-state index contributed by atoms with van der Waals surface area (Å²) in [5.74, 6) is 0.500. The fourth-order valence-electron chi connectivity index (χ4n) is 2.04. The van der Waals surface area contributed by atoms with Crippen molar-refractivity contribution in [3.63, 3.8) is 0 Å². The third kappa shape index (κ3) is 3.45. The lowest BCUT2D eigenvalue weighted by molar-refractivity contribution is 0.625. The molecule has 0 spiro atoms. The Balaban J connectivity index is 2.57. The van der Waals surface area contributed by atoms with Crippen LogP contribution in [0.4, 0.5) is 4.39 Å². The van der Waals surface area contributed by atoms with Crippen LogP contribution in [0.1, 0.15) is 25.1 Å². The zero-order valence-electron chi connectivity index (χ0n) is 11.6. The van der Waals surface area contributed by atoms with Crippen LogP contribution in [-0.2, 0) is 6.42 Å². The molecular weight excluding hydrogens is 370 g/mol. The molecule has 0 unspecified atom stereocenters. The first-order valence-corrected chi connectivity index (χ1v) is 7.51. The van der Waals surface area contributed by atoms with E-state index >= 15 is 0 Å². The van der Waals surface area contributed by atoms with E-state index in [1.165, 1.54) is 12.1 Å². The molecule has 2 aromatic rings. The van der Waals surface area contributed by atoms with Gasteiger partial charge in [-0.2, -0.15) is 0 Å². The normalized spacial score (nSPS) is 11.1. The van der Waals surface area contributed by atoms with Crippen molar-refractivity contribution < 1.29 is 4.39 Å². The minimum atomic E-state index is -0.327. The van der Waals surface area contributed by atoms with Gasteiger partial charge in [0.05, 0.1) is 9.26 Å². The summed E-state index contributed by atoms with van der Waals surface area (Å²) in [5.41, 5.74) is 1.99. The summed E-state index contributed by atoms with van der Waals surface area (Å²) in [6.07, 6.45) is 0.726. The monoisotopic (exact) mass is 386 g/mol. The first kappa shape index (κ1) is 15.2. The molecule has 0 aliphatic carbocycles. The molecule has 20 heavy (non-hydrogen) atoms. The Morgan fingerprint density at radius 3 is 2.65 bits per heavy atom. The van der Waals surface area contributed by atoms with E-state index in [2.05, 4.69) is 23.8 Å². The van der Waals surface area contributed by atoms with Crippen LogP contribution in [0.3, 0.4) is 0 Å². The fourth-order valence-corrected chi connectivity index (χ4v) is 2.51. The minimum Gasteiger partial charge on any atom is -0.306 e. The highest BCUT2D eigenvalue weighted by molar-refractivity contribution is 14.1. The van der Waals surface area contributed by atoms with Gasteiger partial charge in [-0.3, -0.25) is 4.79 Å². The van der Waals surface area contributed by atoms with Crippen molar-refractivity contribution in [2.75, 3.05) is 0 Å². The summed E-state index contributed by atoms with van der Waals surface area (Å²) in [4.78, 5) is 19.2. The Kier molecular flexibility index (Phi) is 4.57. The average molecular weight is 386 g/mol. The molecule has 3 nitrogen and oxygen atoms in total. The van der Waals surface area contributed by atoms with Gasteiger partial charge >= 0.3 is 0 Å². The van der Waals surface area contributed by atoms with Crippen molar-refractivity contribution >= 4 is 22.6 Å². The third-order valence-electron chi connectivity index (χ3n) is 2.85. The maximum absolute atomic E-state index is 13.5. The predicted octanol–water partition coefficient (Wildman–Crippen LogP) is 3.69. The van der Waals surface area contributed by atoms with Crippen molar-refractivity contribution in [1.82, 2.24) is 9.97 Å². The van der Waals surface area contributed by atoms with Gasteiger partial charge in [-0.25, -0.2) is 9.37 Å². The van der Waals surface area contributed by atoms with Gasteiger partial charge in [-0.05, 0) is 65.6 Å². The molecule has 1 N–H and O–H groups in total. The van der Waals surface area contributed by atoms with E-state index in [-0.39, 0.29) is 11.4 Å². The Hall–Kier alpha value is -1.24. The van der Waals surface area contributed by atoms with E-state index in [9.17, 15) is 9.18 Å². The van der Waals surface area contributed by atoms with Gasteiger partial charge in [0, 0.05) is 5.56 Å². The molecule has 2 rings (SSSR count). The summed E-state index contributed by atoms with van der Waals surface area (Å²) in [7, 11) is 0. The molecule has 1 aromatic carbocycles. The van der Waals surface area contributed by atoms with Crippen LogP contribution in [0.15, 0.2) is 23.0 Å². The third-order valence-corrected chi connectivity index (χ3v) is 3.96. The molecule has 0 aliphatic rings. The van der Waals surface area contributed by atoms with E-state index in [1.54, 1.807) is 0 Å². The number of nitrogens with zero attached hydrogens (tertiary/aromatic N) is 1. The molecule has 106 valence electrons. The van der Waals surface area contributed by atoms with Gasteiger partial charge in [-0.1, -0.05) is 13.8 Å². The smallest absolute Gasteiger partial charge is 0.264 e. The highest BCUT2D eigenvalue weighted by atomic mass is 127. The van der Waals surface area contributed by atoms with Crippen molar-refractivity contribution in [2.24, 2.45) is 5.92 Å². The van der Waals surface area contributed by atoms with Crippen LogP contribution >= 0.6 is 22.6 Å². The lowest BCUT2D eigenvalue weighted by Gasteiger charge is -2.09. The predicted molar refractivity (Wildman–Crippen MR) is 86.2 cm³/mol. The molecule has 5 heteroatoms. The van der Waals surface area contributed by atoms with Crippen molar-refractivity contribution in [3.8, 4) is 11.4 Å². The first-order valence-electron chi connectivity index (χ1n) is 6.43. The van der Waals surface area contributed by atoms with E-state index in [0.717, 1.165) is 17.7 Å². The number of aryl methyl sites for hydroxylation is 1. The molecule has 1 aromatic heterocycles. The average Bonchev–Trinajstić information content (AvgIpc) is 2.32. The largest absolute Gasteiger partial charge is 0.306 e. The van der Waals surface area contributed by atoms with Gasteiger partial charge in [-0.15, -0.1) is 0 Å². The number of aromatic amines is 1. The molecule has 0 bridgehead atoms. The maximum Gasteiger partial charge on any atom is 0.264 e. The number of rotatable bonds is 3. The Labute approximate surface area is 130 Å². The van der Waals surface area contributed by atoms with E-state index in [1.807, 2.05) is 35.6 Å². The van der Waals surface area contributed by atoms with Crippen LogP contribution in [0.25, 0.3) is 11.4 Å². The van der Waals surface area contributed by atoms with Gasteiger partial charge in [0.1, 0.15) is 11.6 Å². The SMILES string of the molecule is Cc1cc(F)cc(-c2nc(CC(C)C)c(I)c(=O)[nH]2)c1. The number of halogens is 2. The van der Waals surface area contributed by atoms with Crippen LogP contribution in [-0.4, -0.2) is 9.97 Å². The lowest BCUT2D eigenvalue weighted by Crippen LogP contribution is -2.17. The summed E-state index contributed by atoms with van der Waals surface area (Å²) < 4.78 is 14.1. The number of H-pyrrole nitrogens is 1. The van der Waals surface area contributed by atoms with Crippen molar-refractivity contribution in [2.45, 2.75) is 27.2 Å². The molecule has 0 saturated carbocycles. The maximum atomic E-state index is 13.5. The van der Waals surface area contributed by atoms with Crippen molar-refractivity contribution in [1.29, 1.82) is 0 Å². The van der Waals surface area contributed by atoms with Gasteiger partial charge in [0.2, 0.25) is 0 Å². The highest BCUT2D eigenvalue weighted by Gasteiger charge is 2.12. The highest BCUT2D eigenvalue weighted by Crippen LogP contribution is 2.20. The summed E-state index contributed by atoms with van der Waals surface area (Å²) in [6.45, 7) is 5.96. The van der Waals surface area contributed by atoms with Gasteiger partial charge in [0.25, 0.3) is 5.56 Å². The Bertz CT molecular complexity index is 675. The second kappa shape index (κ2) is 6.03. The number of aromatic nitrogens is 2. The Morgan fingerprint density at radius 1 is 1.35 bits per heavy atom. The molecule has 0 radical (unpaired) electrons. The molecule has 0 aliphatic heterocycles. The van der Waals surface area contributed by atoms with Gasteiger partial charge < -0.3 is 4.98 Å². The van der Waals surface area contributed by atoms with Gasteiger partial charge in [0.15, 0.2) is 0 Å². The summed E-state index contributed by atoms with van der Waals surface area (Å²) in [6, 6.07) is 4.65. The minimum absolute atomic E-state index is 0.173. The second-order valence-electron chi connectivity index (χ2n) is 5.29. The second-order valence-corrected chi connectivity index (χ2v) is 6.37. The Morgan fingerprint density at radius 2 is 2.05 bits per heavy atom. The van der Waals surface area contributed by atoms with E-state index in [0.29, 0.717) is 20.9 Å². The fraction of sp³-hybridized carbons (Fsp3) is 0.333. The number of nitrogens with one attached hydrogen (secondary N) is 1. The summed E-state index contributed by atoms with van der Waals surface area (Å²) in [5, 5.41) is 0. The molecule has 0 atom stereocenters. The quantitative estimate of drug-likeness (QED) is 0.818. The van der Waals surface area contributed by atoms with E-state index < -0.39 is 0 Å². The number of hydrogen-bond acceptors (Lipinski definition) is 2. The molecule has 0 fully saturated rings. The molecule has 0 amide bonds. The zero-order valence-corrected chi connectivity index (χ0v) is 13.8. The van der Waals surface area contributed by atoms with Crippen molar-refractivity contribution in [3.05, 3.63) is 49.2 Å². The number of hydrogen-bond donors (Lipinski definition) is 1.